The van der Waals surface area contributed by atoms with Crippen LogP contribution in [0.15, 0.2) is 18.5 Å². The van der Waals surface area contributed by atoms with E-state index in [1.165, 1.54) is 6.42 Å². The smallest absolute Gasteiger partial charge is 0.253 e. The Morgan fingerprint density at radius 3 is 2.68 bits per heavy atom. The molecule has 0 aliphatic rings. The van der Waals surface area contributed by atoms with E-state index in [-0.39, 0.29) is 11.9 Å². The van der Waals surface area contributed by atoms with Gasteiger partial charge in [0.15, 0.2) is 0 Å². The van der Waals surface area contributed by atoms with Crippen molar-refractivity contribution in [1.29, 1.82) is 0 Å². The standard InChI is InChI=1S/C15H25N3O/c1-11(2)6-5-7-12(3)18-15(19)13-8-9-17-10-14(13)16-4/h8-12,16H,5-7H2,1-4H3,(H,18,19). The number of anilines is 1. The quantitative estimate of drug-likeness (QED) is 0.795. The topological polar surface area (TPSA) is 54.0 Å². The van der Waals surface area contributed by atoms with Gasteiger partial charge in [-0.25, -0.2) is 0 Å². The summed E-state index contributed by atoms with van der Waals surface area (Å²) in [6, 6.07) is 1.94. The van der Waals surface area contributed by atoms with E-state index in [9.17, 15) is 4.79 Å². The molecule has 0 aromatic carbocycles. The summed E-state index contributed by atoms with van der Waals surface area (Å²) in [7, 11) is 1.79. The minimum Gasteiger partial charge on any atom is -0.386 e. The van der Waals surface area contributed by atoms with Crippen LogP contribution in [-0.2, 0) is 0 Å². The van der Waals surface area contributed by atoms with E-state index >= 15 is 0 Å². The second-order valence-corrected chi connectivity index (χ2v) is 5.37. The second kappa shape index (κ2) is 7.77. The number of carbonyl (C=O) groups is 1. The highest BCUT2D eigenvalue weighted by Crippen LogP contribution is 2.13. The second-order valence-electron chi connectivity index (χ2n) is 5.37. The SMILES string of the molecule is CNc1cnccc1C(=O)NC(C)CCCC(C)C. The van der Waals surface area contributed by atoms with Gasteiger partial charge >= 0.3 is 0 Å². The van der Waals surface area contributed by atoms with Crippen molar-refractivity contribution < 1.29 is 4.79 Å². The molecule has 1 unspecified atom stereocenters. The van der Waals surface area contributed by atoms with Crippen LogP contribution in [0, 0.1) is 5.92 Å². The third kappa shape index (κ3) is 5.28. The molecule has 1 heterocycles. The predicted octanol–water partition coefficient (Wildman–Crippen LogP) is 3.07. The first-order valence-electron chi connectivity index (χ1n) is 6.97. The van der Waals surface area contributed by atoms with Crippen molar-refractivity contribution in [1.82, 2.24) is 10.3 Å². The Morgan fingerprint density at radius 1 is 1.32 bits per heavy atom. The molecule has 0 saturated carbocycles. The molecule has 1 amide bonds. The fourth-order valence-electron chi connectivity index (χ4n) is 2.00. The van der Waals surface area contributed by atoms with Gasteiger partial charge in [-0.15, -0.1) is 0 Å². The highest BCUT2D eigenvalue weighted by molar-refractivity contribution is 5.99. The Hall–Kier alpha value is -1.58. The van der Waals surface area contributed by atoms with Crippen LogP contribution < -0.4 is 10.6 Å². The average Bonchev–Trinajstić information content (AvgIpc) is 2.38. The van der Waals surface area contributed by atoms with Gasteiger partial charge in [0.25, 0.3) is 5.91 Å². The van der Waals surface area contributed by atoms with Crippen LogP contribution in [0.2, 0.25) is 0 Å². The molecule has 0 radical (unpaired) electrons. The minimum atomic E-state index is -0.0382. The molecule has 4 heteroatoms. The van der Waals surface area contributed by atoms with Crippen molar-refractivity contribution in [3.05, 3.63) is 24.0 Å². The van der Waals surface area contributed by atoms with Gasteiger partial charge in [0.1, 0.15) is 0 Å². The molecule has 106 valence electrons. The van der Waals surface area contributed by atoms with Crippen LogP contribution >= 0.6 is 0 Å². The lowest BCUT2D eigenvalue weighted by Gasteiger charge is -2.15. The van der Waals surface area contributed by atoms with Crippen LogP contribution in [0.5, 0.6) is 0 Å². The molecule has 0 bridgehead atoms. The number of pyridine rings is 1. The number of amides is 1. The molecule has 1 aromatic rings. The van der Waals surface area contributed by atoms with Crippen molar-refractivity contribution in [2.24, 2.45) is 5.92 Å². The van der Waals surface area contributed by atoms with Crippen molar-refractivity contribution in [3.8, 4) is 0 Å². The molecule has 1 atom stereocenters. The Morgan fingerprint density at radius 2 is 2.05 bits per heavy atom. The number of rotatable bonds is 7. The van der Waals surface area contributed by atoms with Crippen molar-refractivity contribution in [2.45, 2.75) is 46.1 Å². The van der Waals surface area contributed by atoms with Gasteiger partial charge in [-0.1, -0.05) is 26.7 Å². The molecule has 0 aliphatic heterocycles. The molecule has 0 aliphatic carbocycles. The highest BCUT2D eigenvalue weighted by Gasteiger charge is 2.13. The van der Waals surface area contributed by atoms with Gasteiger partial charge < -0.3 is 10.6 Å². The average molecular weight is 263 g/mol. The molecule has 1 aromatic heterocycles. The highest BCUT2D eigenvalue weighted by atomic mass is 16.1. The van der Waals surface area contributed by atoms with Crippen molar-refractivity contribution in [2.75, 3.05) is 12.4 Å². The molecular formula is C15H25N3O. The summed E-state index contributed by atoms with van der Waals surface area (Å²) in [5.74, 6) is 0.683. The fourth-order valence-corrected chi connectivity index (χ4v) is 2.00. The Kier molecular flexibility index (Phi) is 6.33. The third-order valence-corrected chi connectivity index (χ3v) is 3.13. The van der Waals surface area contributed by atoms with E-state index in [4.69, 9.17) is 0 Å². The lowest BCUT2D eigenvalue weighted by Crippen LogP contribution is -2.33. The van der Waals surface area contributed by atoms with E-state index in [1.807, 2.05) is 0 Å². The maximum Gasteiger partial charge on any atom is 0.253 e. The van der Waals surface area contributed by atoms with E-state index in [0.29, 0.717) is 5.56 Å². The minimum absolute atomic E-state index is 0.0382. The van der Waals surface area contributed by atoms with Gasteiger partial charge in [-0.05, 0) is 25.3 Å². The van der Waals surface area contributed by atoms with Crippen molar-refractivity contribution >= 4 is 11.6 Å². The van der Waals surface area contributed by atoms with E-state index in [2.05, 4.69) is 36.4 Å². The number of hydrogen-bond acceptors (Lipinski definition) is 3. The summed E-state index contributed by atoms with van der Waals surface area (Å²) in [5.41, 5.74) is 1.41. The van der Waals surface area contributed by atoms with Crippen LogP contribution in [0.25, 0.3) is 0 Å². The molecule has 1 rings (SSSR count). The van der Waals surface area contributed by atoms with E-state index in [0.717, 1.165) is 24.4 Å². The Balaban J connectivity index is 2.50. The van der Waals surface area contributed by atoms with E-state index < -0.39 is 0 Å². The third-order valence-electron chi connectivity index (χ3n) is 3.13. The van der Waals surface area contributed by atoms with E-state index in [1.54, 1.807) is 25.5 Å². The predicted molar refractivity (Wildman–Crippen MR) is 79.4 cm³/mol. The molecule has 0 fully saturated rings. The molecule has 4 nitrogen and oxygen atoms in total. The van der Waals surface area contributed by atoms with Crippen LogP contribution in [0.1, 0.15) is 50.4 Å². The first kappa shape index (κ1) is 15.5. The normalized spacial score (nSPS) is 12.3. The number of hydrogen-bond donors (Lipinski definition) is 2. The Labute approximate surface area is 116 Å². The first-order valence-corrected chi connectivity index (χ1v) is 6.97. The summed E-state index contributed by atoms with van der Waals surface area (Å²) in [6.45, 7) is 6.50. The zero-order valence-corrected chi connectivity index (χ0v) is 12.4. The summed E-state index contributed by atoms with van der Waals surface area (Å²) in [5, 5.41) is 6.02. The molecule has 0 saturated heterocycles. The van der Waals surface area contributed by atoms with Gasteiger partial charge in [0, 0.05) is 19.3 Å². The largest absolute Gasteiger partial charge is 0.386 e. The number of carbonyl (C=O) groups excluding carboxylic acids is 1. The van der Waals surface area contributed by atoms with Gasteiger partial charge in [-0.3, -0.25) is 9.78 Å². The monoisotopic (exact) mass is 263 g/mol. The number of nitrogens with one attached hydrogen (secondary N) is 2. The lowest BCUT2D eigenvalue weighted by atomic mass is 10.0. The molecule has 19 heavy (non-hydrogen) atoms. The Bertz CT molecular complexity index is 404. The number of aromatic nitrogens is 1. The summed E-state index contributed by atoms with van der Waals surface area (Å²) in [4.78, 5) is 16.2. The summed E-state index contributed by atoms with van der Waals surface area (Å²) in [6.07, 6.45) is 6.67. The van der Waals surface area contributed by atoms with Crippen LogP contribution in [0.3, 0.4) is 0 Å². The maximum atomic E-state index is 12.2. The van der Waals surface area contributed by atoms with Crippen LogP contribution in [0.4, 0.5) is 5.69 Å². The van der Waals surface area contributed by atoms with Gasteiger partial charge in [0.05, 0.1) is 17.4 Å². The maximum absolute atomic E-state index is 12.2. The van der Waals surface area contributed by atoms with Gasteiger partial charge in [-0.2, -0.15) is 0 Å². The lowest BCUT2D eigenvalue weighted by molar-refractivity contribution is 0.0938. The molecular weight excluding hydrogens is 238 g/mol. The molecule has 0 spiro atoms. The molecule has 2 N–H and O–H groups in total. The first-order chi connectivity index (χ1) is 9.04. The summed E-state index contributed by atoms with van der Waals surface area (Å²) < 4.78 is 0. The van der Waals surface area contributed by atoms with Gasteiger partial charge in [0.2, 0.25) is 0 Å². The van der Waals surface area contributed by atoms with Crippen molar-refractivity contribution in [3.63, 3.8) is 0 Å². The summed E-state index contributed by atoms with van der Waals surface area (Å²) >= 11 is 0. The zero-order chi connectivity index (χ0) is 14.3. The van der Waals surface area contributed by atoms with Crippen LogP contribution in [-0.4, -0.2) is 24.0 Å². The fraction of sp³-hybridized carbons (Fsp3) is 0.600. The zero-order valence-electron chi connectivity index (χ0n) is 12.4. The number of nitrogens with zero attached hydrogens (tertiary/aromatic N) is 1.